The monoisotopic (exact) mass is 450 g/mol. The molecule has 0 saturated carbocycles. The largest absolute Gasteiger partial charge is 0.377 e. The second-order valence-corrected chi connectivity index (χ2v) is 11.0. The molecule has 2 aliphatic rings. The summed E-state index contributed by atoms with van der Waals surface area (Å²) in [4.78, 5) is 1.72. The molecule has 4 nitrogen and oxygen atoms in total. The summed E-state index contributed by atoms with van der Waals surface area (Å²) in [6.45, 7) is 2.55. The van der Waals surface area contributed by atoms with Crippen molar-refractivity contribution < 1.29 is 8.42 Å². The Balaban J connectivity index is 1.38. The SMILES string of the molecule is Cc1ccsc1C1Nc2ccc(S(=O)(=O)NCCc3ccccc3)cc2C2C=CCC21. The van der Waals surface area contributed by atoms with E-state index in [0.717, 1.165) is 23.2 Å². The fraction of sp³-hybridized carbons (Fsp3) is 0.280. The average molecular weight is 451 g/mol. The van der Waals surface area contributed by atoms with Gasteiger partial charge in [0.15, 0.2) is 0 Å². The highest BCUT2D eigenvalue weighted by molar-refractivity contribution is 7.89. The van der Waals surface area contributed by atoms with Crippen LogP contribution in [0.5, 0.6) is 0 Å². The van der Waals surface area contributed by atoms with Crippen molar-refractivity contribution >= 4 is 27.0 Å². The topological polar surface area (TPSA) is 58.2 Å². The normalized spacial score (nSPS) is 22.0. The number of thiophene rings is 1. The molecule has 3 aromatic rings. The van der Waals surface area contributed by atoms with E-state index >= 15 is 0 Å². The molecule has 31 heavy (non-hydrogen) atoms. The molecular weight excluding hydrogens is 424 g/mol. The predicted molar refractivity (Wildman–Crippen MR) is 127 cm³/mol. The van der Waals surface area contributed by atoms with E-state index in [0.29, 0.717) is 23.8 Å². The van der Waals surface area contributed by atoms with Crippen LogP contribution in [-0.4, -0.2) is 15.0 Å². The summed E-state index contributed by atoms with van der Waals surface area (Å²) in [5.41, 5.74) is 4.55. The number of fused-ring (bicyclic) bond motifs is 3. The molecular formula is C25H26N2O2S2. The Morgan fingerprint density at radius 2 is 1.97 bits per heavy atom. The summed E-state index contributed by atoms with van der Waals surface area (Å²) in [6.07, 6.45) is 6.16. The molecule has 0 amide bonds. The third kappa shape index (κ3) is 3.95. The van der Waals surface area contributed by atoms with E-state index in [2.05, 4.69) is 40.6 Å². The first-order valence-corrected chi connectivity index (χ1v) is 13.0. The summed E-state index contributed by atoms with van der Waals surface area (Å²) in [5, 5.41) is 5.86. The van der Waals surface area contributed by atoms with Gasteiger partial charge in [-0.15, -0.1) is 11.3 Å². The van der Waals surface area contributed by atoms with E-state index in [9.17, 15) is 8.42 Å². The molecule has 2 heterocycles. The lowest BCUT2D eigenvalue weighted by molar-refractivity contribution is 0.428. The van der Waals surface area contributed by atoms with Gasteiger partial charge in [0.2, 0.25) is 10.0 Å². The Kier molecular flexibility index (Phi) is 5.46. The summed E-state index contributed by atoms with van der Waals surface area (Å²) >= 11 is 1.80. The van der Waals surface area contributed by atoms with Crippen molar-refractivity contribution in [2.75, 3.05) is 11.9 Å². The molecule has 0 saturated heterocycles. The van der Waals surface area contributed by atoms with Crippen molar-refractivity contribution in [3.8, 4) is 0 Å². The van der Waals surface area contributed by atoms with Gasteiger partial charge in [0.25, 0.3) is 0 Å². The second-order valence-electron chi connectivity index (χ2n) is 8.33. The number of anilines is 1. The van der Waals surface area contributed by atoms with Crippen LogP contribution < -0.4 is 10.0 Å². The van der Waals surface area contributed by atoms with Crippen LogP contribution in [0, 0.1) is 12.8 Å². The van der Waals surface area contributed by atoms with Gasteiger partial charge in [0.1, 0.15) is 0 Å². The first-order chi connectivity index (χ1) is 15.0. The number of hydrogen-bond donors (Lipinski definition) is 2. The lowest BCUT2D eigenvalue weighted by atomic mass is 9.78. The smallest absolute Gasteiger partial charge is 0.240 e. The molecule has 5 rings (SSSR count). The molecule has 160 valence electrons. The summed E-state index contributed by atoms with van der Waals surface area (Å²) in [5.74, 6) is 0.649. The zero-order valence-corrected chi connectivity index (χ0v) is 19.0. The van der Waals surface area contributed by atoms with E-state index in [1.165, 1.54) is 10.4 Å². The highest BCUT2D eigenvalue weighted by atomic mass is 32.2. The van der Waals surface area contributed by atoms with E-state index in [1.807, 2.05) is 42.5 Å². The highest BCUT2D eigenvalue weighted by Gasteiger charge is 2.39. The number of sulfonamides is 1. The molecule has 0 bridgehead atoms. The van der Waals surface area contributed by atoms with Crippen LogP contribution in [-0.2, 0) is 16.4 Å². The van der Waals surface area contributed by atoms with Gasteiger partial charge in [-0.3, -0.25) is 0 Å². The van der Waals surface area contributed by atoms with Crippen LogP contribution in [0.15, 0.2) is 77.0 Å². The maximum Gasteiger partial charge on any atom is 0.240 e. The first-order valence-electron chi connectivity index (χ1n) is 10.7. The number of hydrogen-bond acceptors (Lipinski definition) is 4. The molecule has 0 radical (unpaired) electrons. The van der Waals surface area contributed by atoms with Gasteiger partial charge >= 0.3 is 0 Å². The first kappa shape index (κ1) is 20.5. The highest BCUT2D eigenvalue weighted by Crippen LogP contribution is 2.51. The maximum atomic E-state index is 12.9. The summed E-state index contributed by atoms with van der Waals surface area (Å²) in [6, 6.07) is 17.9. The molecule has 1 aromatic heterocycles. The second kappa shape index (κ2) is 8.26. The van der Waals surface area contributed by atoms with Gasteiger partial charge < -0.3 is 5.32 Å². The molecule has 3 unspecified atom stereocenters. The molecule has 0 fully saturated rings. The van der Waals surface area contributed by atoms with E-state index < -0.39 is 10.0 Å². The summed E-state index contributed by atoms with van der Waals surface area (Å²) in [7, 11) is -3.56. The van der Waals surface area contributed by atoms with Crippen LogP contribution in [0.2, 0.25) is 0 Å². The van der Waals surface area contributed by atoms with Crippen LogP contribution in [0.4, 0.5) is 5.69 Å². The van der Waals surface area contributed by atoms with Gasteiger partial charge in [0.05, 0.1) is 10.9 Å². The molecule has 2 N–H and O–H groups in total. The Morgan fingerprint density at radius 3 is 2.74 bits per heavy atom. The van der Waals surface area contributed by atoms with Crippen LogP contribution in [0.25, 0.3) is 0 Å². The lowest BCUT2D eigenvalue weighted by Gasteiger charge is -2.37. The van der Waals surface area contributed by atoms with Crippen LogP contribution in [0.3, 0.4) is 0 Å². The van der Waals surface area contributed by atoms with Crippen LogP contribution >= 0.6 is 11.3 Å². The number of nitrogens with one attached hydrogen (secondary N) is 2. The average Bonchev–Trinajstić information content (AvgIpc) is 3.43. The third-order valence-corrected chi connectivity index (χ3v) is 8.94. The number of allylic oxidation sites excluding steroid dienone is 2. The Labute approximate surface area is 188 Å². The predicted octanol–water partition coefficient (Wildman–Crippen LogP) is 5.40. The summed E-state index contributed by atoms with van der Waals surface area (Å²) < 4.78 is 28.7. The number of aryl methyl sites for hydroxylation is 1. The van der Waals surface area contributed by atoms with Crippen molar-refractivity contribution in [3.05, 3.63) is 93.7 Å². The van der Waals surface area contributed by atoms with Gasteiger partial charge in [0, 0.05) is 23.0 Å². The Morgan fingerprint density at radius 1 is 1.13 bits per heavy atom. The minimum atomic E-state index is -3.56. The molecule has 1 aliphatic carbocycles. The Hall–Kier alpha value is -2.41. The third-order valence-electron chi connectivity index (χ3n) is 6.38. The van der Waals surface area contributed by atoms with Crippen molar-refractivity contribution in [2.24, 2.45) is 5.92 Å². The molecule has 0 spiro atoms. The fourth-order valence-electron chi connectivity index (χ4n) is 4.76. The molecule has 1 aliphatic heterocycles. The number of benzene rings is 2. The molecule has 6 heteroatoms. The van der Waals surface area contributed by atoms with E-state index in [4.69, 9.17) is 0 Å². The van der Waals surface area contributed by atoms with Crippen molar-refractivity contribution in [1.29, 1.82) is 0 Å². The lowest BCUT2D eigenvalue weighted by Crippen LogP contribution is -2.30. The van der Waals surface area contributed by atoms with Gasteiger partial charge in [-0.25, -0.2) is 13.1 Å². The van der Waals surface area contributed by atoms with Gasteiger partial charge in [-0.1, -0.05) is 42.5 Å². The van der Waals surface area contributed by atoms with Gasteiger partial charge in [-0.2, -0.15) is 0 Å². The van der Waals surface area contributed by atoms with E-state index in [1.54, 1.807) is 17.4 Å². The van der Waals surface area contributed by atoms with Crippen LogP contribution in [0.1, 0.15) is 39.9 Å². The fourth-order valence-corrected chi connectivity index (χ4v) is 6.88. The standard InChI is InChI=1S/C25H26N2O2S2/c1-17-13-15-30-25(17)24-21-9-5-8-20(21)22-16-19(10-11-23(22)27-24)31(28,29)26-14-12-18-6-3-2-4-7-18/h2-8,10-11,13,15-16,20-21,24,26-27H,9,12,14H2,1H3. The zero-order valence-electron chi connectivity index (χ0n) is 17.4. The molecule has 3 atom stereocenters. The number of rotatable bonds is 6. The quantitative estimate of drug-likeness (QED) is 0.494. The minimum absolute atomic E-state index is 0.238. The van der Waals surface area contributed by atoms with Gasteiger partial charge in [-0.05, 0) is 72.0 Å². The zero-order chi connectivity index (χ0) is 21.4. The Bertz CT molecular complexity index is 1220. The van der Waals surface area contributed by atoms with Crippen molar-refractivity contribution in [2.45, 2.75) is 36.6 Å². The minimum Gasteiger partial charge on any atom is -0.377 e. The van der Waals surface area contributed by atoms with E-state index in [-0.39, 0.29) is 12.0 Å². The molecule has 2 aromatic carbocycles. The van der Waals surface area contributed by atoms with Crippen molar-refractivity contribution in [1.82, 2.24) is 4.72 Å². The van der Waals surface area contributed by atoms with Crippen molar-refractivity contribution in [3.63, 3.8) is 0 Å². The maximum absolute atomic E-state index is 12.9.